The van der Waals surface area contributed by atoms with Crippen molar-refractivity contribution in [1.29, 1.82) is 0 Å². The number of benzene rings is 6. The van der Waals surface area contributed by atoms with Crippen molar-refractivity contribution in [2.24, 2.45) is 0 Å². The fraction of sp³-hybridized carbons (Fsp3) is 0.0488. The normalized spacial score (nSPS) is 15.7. The number of fused-ring (bicyclic) bond motifs is 6. The van der Waals surface area contributed by atoms with Crippen molar-refractivity contribution in [3.05, 3.63) is 185 Å². The fourth-order valence-corrected chi connectivity index (χ4v) is 7.14. The third kappa shape index (κ3) is 3.86. The summed E-state index contributed by atoms with van der Waals surface area (Å²) in [5, 5.41) is 0. The van der Waals surface area contributed by atoms with Crippen molar-refractivity contribution in [1.82, 2.24) is 15.0 Å². The second kappa shape index (κ2) is 9.96. The molecule has 0 fully saturated rings. The summed E-state index contributed by atoms with van der Waals surface area (Å²) in [6.07, 6.45) is 0. The average Bonchev–Trinajstić information content (AvgIpc) is 3.60. The Bertz CT molecular complexity index is 2110. The van der Waals surface area contributed by atoms with Crippen molar-refractivity contribution in [2.75, 3.05) is 0 Å². The molecule has 0 saturated heterocycles. The molecule has 0 N–H and O–H groups in total. The van der Waals surface area contributed by atoms with Gasteiger partial charge in [0.1, 0.15) is 5.82 Å². The lowest BCUT2D eigenvalue weighted by Crippen LogP contribution is -2.10. The van der Waals surface area contributed by atoms with Crippen LogP contribution < -0.4 is 0 Å². The van der Waals surface area contributed by atoms with E-state index >= 15 is 0 Å². The summed E-state index contributed by atoms with van der Waals surface area (Å²) in [4.78, 5) is 15.4. The average molecular weight is 562 g/mol. The molecule has 44 heavy (non-hydrogen) atoms. The van der Waals surface area contributed by atoms with E-state index in [1.165, 1.54) is 50.1 Å². The Balaban J connectivity index is 1.29. The molecule has 7 aromatic rings. The highest BCUT2D eigenvalue weighted by Gasteiger charge is 2.37. The van der Waals surface area contributed by atoms with Crippen molar-refractivity contribution in [3.8, 4) is 45.0 Å². The minimum atomic E-state index is -0.112. The maximum Gasteiger partial charge on any atom is 0.163 e. The fourth-order valence-electron chi connectivity index (χ4n) is 7.14. The molecule has 2 atom stereocenters. The third-order valence-corrected chi connectivity index (χ3v) is 9.08. The highest BCUT2D eigenvalue weighted by Crippen LogP contribution is 2.55. The Morgan fingerprint density at radius 2 is 0.795 bits per heavy atom. The molecule has 0 amide bonds. The third-order valence-electron chi connectivity index (χ3n) is 9.08. The molecule has 0 radical (unpaired) electrons. The standard InChI is InChI=1S/C41H27N3/c1-4-14-26(15-5-1)37-31-22-12-10-20-29(31)33-24-34-30-21-11-13-23-32(30)38(36(34)25-35(33)37)41-43-39(27-16-6-2-7-17-27)42-40(44-41)28-18-8-3-9-19-28/h1-25,37-38H. The minimum Gasteiger partial charge on any atom is -0.212 e. The van der Waals surface area contributed by atoms with Crippen molar-refractivity contribution < 1.29 is 0 Å². The smallest absolute Gasteiger partial charge is 0.163 e. The molecule has 0 spiro atoms. The predicted molar refractivity (Wildman–Crippen MR) is 176 cm³/mol. The molecule has 2 aliphatic carbocycles. The molecule has 9 rings (SSSR count). The summed E-state index contributed by atoms with van der Waals surface area (Å²) < 4.78 is 0. The largest absolute Gasteiger partial charge is 0.212 e. The first-order chi connectivity index (χ1) is 21.8. The SMILES string of the molecule is c1ccc(-c2nc(-c3ccccc3)nc(C3c4ccccc4-c4cc5c(cc43)C(c3ccccc3)c3ccccc3-5)n2)cc1. The van der Waals surface area contributed by atoms with Gasteiger partial charge in [0, 0.05) is 17.0 Å². The first-order valence-electron chi connectivity index (χ1n) is 15.1. The van der Waals surface area contributed by atoms with Gasteiger partial charge in [-0.3, -0.25) is 0 Å². The maximum atomic E-state index is 5.20. The number of hydrogen-bond donors (Lipinski definition) is 0. The van der Waals surface area contributed by atoms with Crippen LogP contribution in [0.4, 0.5) is 0 Å². The van der Waals surface area contributed by atoms with Crippen LogP contribution in [0.5, 0.6) is 0 Å². The molecular weight excluding hydrogens is 534 g/mol. The molecule has 1 aromatic heterocycles. The van der Waals surface area contributed by atoms with E-state index < -0.39 is 0 Å². The topological polar surface area (TPSA) is 38.7 Å². The summed E-state index contributed by atoms with van der Waals surface area (Å²) in [6.45, 7) is 0. The summed E-state index contributed by atoms with van der Waals surface area (Å²) in [5.41, 5.74) is 13.6. The van der Waals surface area contributed by atoms with Crippen molar-refractivity contribution >= 4 is 0 Å². The number of hydrogen-bond acceptors (Lipinski definition) is 3. The van der Waals surface area contributed by atoms with E-state index in [0.717, 1.165) is 17.0 Å². The van der Waals surface area contributed by atoms with Gasteiger partial charge >= 0.3 is 0 Å². The number of rotatable bonds is 4. The zero-order valence-electron chi connectivity index (χ0n) is 23.9. The molecule has 0 saturated carbocycles. The zero-order chi connectivity index (χ0) is 29.0. The lowest BCUT2D eigenvalue weighted by atomic mass is 9.86. The van der Waals surface area contributed by atoms with Gasteiger partial charge < -0.3 is 0 Å². The predicted octanol–water partition coefficient (Wildman–Crippen LogP) is 9.53. The number of aromatic nitrogens is 3. The first-order valence-corrected chi connectivity index (χ1v) is 15.1. The van der Waals surface area contributed by atoms with Crippen LogP contribution >= 0.6 is 0 Å². The molecular formula is C41H27N3. The molecule has 2 aliphatic rings. The summed E-state index contributed by atoms with van der Waals surface area (Å²) in [7, 11) is 0. The molecule has 206 valence electrons. The van der Waals surface area contributed by atoms with Gasteiger partial charge in [0.2, 0.25) is 0 Å². The van der Waals surface area contributed by atoms with E-state index in [1.807, 2.05) is 36.4 Å². The summed E-state index contributed by atoms with van der Waals surface area (Å²) >= 11 is 0. The van der Waals surface area contributed by atoms with Crippen LogP contribution in [0.15, 0.2) is 152 Å². The van der Waals surface area contributed by atoms with E-state index in [4.69, 9.17) is 15.0 Å². The van der Waals surface area contributed by atoms with E-state index in [1.54, 1.807) is 0 Å². The molecule has 2 unspecified atom stereocenters. The molecule has 6 aromatic carbocycles. The van der Waals surface area contributed by atoms with Gasteiger partial charge in [-0.05, 0) is 56.1 Å². The van der Waals surface area contributed by atoms with E-state index in [2.05, 4.69) is 115 Å². The Labute approximate surface area is 256 Å². The Morgan fingerprint density at radius 1 is 0.341 bits per heavy atom. The highest BCUT2D eigenvalue weighted by molar-refractivity contribution is 5.89. The van der Waals surface area contributed by atoms with Crippen molar-refractivity contribution in [2.45, 2.75) is 11.8 Å². The second-order valence-electron chi connectivity index (χ2n) is 11.6. The van der Waals surface area contributed by atoms with Crippen LogP contribution in [0.3, 0.4) is 0 Å². The van der Waals surface area contributed by atoms with E-state index in [-0.39, 0.29) is 11.8 Å². The van der Waals surface area contributed by atoms with Crippen LogP contribution in [-0.2, 0) is 0 Å². The maximum absolute atomic E-state index is 5.20. The molecule has 3 heteroatoms. The molecule has 3 nitrogen and oxygen atoms in total. The van der Waals surface area contributed by atoms with Crippen LogP contribution in [-0.4, -0.2) is 15.0 Å². The minimum absolute atomic E-state index is 0.112. The molecule has 0 bridgehead atoms. The quantitative estimate of drug-likeness (QED) is 0.215. The van der Waals surface area contributed by atoms with Gasteiger partial charge in [-0.2, -0.15) is 0 Å². The zero-order valence-corrected chi connectivity index (χ0v) is 23.9. The van der Waals surface area contributed by atoms with Crippen LogP contribution in [0, 0.1) is 0 Å². The summed E-state index contributed by atoms with van der Waals surface area (Å²) in [6, 6.07) is 53.8. The van der Waals surface area contributed by atoms with Gasteiger partial charge in [-0.15, -0.1) is 0 Å². The van der Waals surface area contributed by atoms with Gasteiger partial charge in [0.15, 0.2) is 11.6 Å². The van der Waals surface area contributed by atoms with Gasteiger partial charge in [-0.1, -0.05) is 146 Å². The van der Waals surface area contributed by atoms with Crippen LogP contribution in [0.1, 0.15) is 45.5 Å². The molecule has 0 aliphatic heterocycles. The Kier molecular flexibility index (Phi) is 5.63. The van der Waals surface area contributed by atoms with Gasteiger partial charge in [0.05, 0.1) is 5.92 Å². The van der Waals surface area contributed by atoms with E-state index in [9.17, 15) is 0 Å². The highest BCUT2D eigenvalue weighted by atomic mass is 15.0. The van der Waals surface area contributed by atoms with Gasteiger partial charge in [-0.25, -0.2) is 15.0 Å². The van der Waals surface area contributed by atoms with Crippen LogP contribution in [0.2, 0.25) is 0 Å². The number of nitrogens with zero attached hydrogens (tertiary/aromatic N) is 3. The lowest BCUT2D eigenvalue weighted by molar-refractivity contribution is 0.853. The van der Waals surface area contributed by atoms with Gasteiger partial charge in [0.25, 0.3) is 0 Å². The Morgan fingerprint density at radius 3 is 1.36 bits per heavy atom. The second-order valence-corrected chi connectivity index (χ2v) is 11.6. The lowest BCUT2D eigenvalue weighted by Gasteiger charge is -2.18. The van der Waals surface area contributed by atoms with Crippen molar-refractivity contribution in [3.63, 3.8) is 0 Å². The van der Waals surface area contributed by atoms with Crippen LogP contribution in [0.25, 0.3) is 45.0 Å². The monoisotopic (exact) mass is 561 g/mol. The molecule has 1 heterocycles. The summed E-state index contributed by atoms with van der Waals surface area (Å²) in [5.74, 6) is 2.22. The Hall–Kier alpha value is -5.67. The first kappa shape index (κ1) is 24.9. The van der Waals surface area contributed by atoms with E-state index in [0.29, 0.717) is 11.6 Å².